The molecule has 2 N–H and O–H groups in total. The Bertz CT molecular complexity index is 901. The molecule has 3 heteroatoms. The van der Waals surface area contributed by atoms with Crippen LogP contribution in [0.2, 0.25) is 0 Å². The number of nitrogens with zero attached hydrogens (tertiary/aromatic N) is 1. The van der Waals surface area contributed by atoms with Crippen molar-refractivity contribution in [3.05, 3.63) is 89.2 Å². The van der Waals surface area contributed by atoms with Gasteiger partial charge in [0.05, 0.1) is 24.5 Å². The van der Waals surface area contributed by atoms with E-state index in [0.717, 1.165) is 11.4 Å². The Balaban J connectivity index is 1.69. The smallest absolute Gasteiger partial charge is 0.0598 e. The van der Waals surface area contributed by atoms with E-state index < -0.39 is 0 Å². The number of anilines is 2. The van der Waals surface area contributed by atoms with Crippen LogP contribution in [0.3, 0.4) is 0 Å². The quantitative estimate of drug-likeness (QED) is 0.471. The third kappa shape index (κ3) is 5.63. The molecule has 30 heavy (non-hydrogen) atoms. The van der Waals surface area contributed by atoms with Gasteiger partial charge in [-0.3, -0.25) is 4.98 Å². The first-order chi connectivity index (χ1) is 14.1. The van der Waals surface area contributed by atoms with E-state index in [1.165, 1.54) is 22.5 Å². The summed E-state index contributed by atoms with van der Waals surface area (Å²) in [4.78, 5) is 4.86. The van der Waals surface area contributed by atoms with Crippen molar-refractivity contribution in [1.29, 1.82) is 0 Å². The number of hydrogen-bond donors (Lipinski definition) is 2. The number of para-hydroxylation sites is 2. The molecule has 0 spiro atoms. The van der Waals surface area contributed by atoms with Crippen molar-refractivity contribution in [1.82, 2.24) is 4.98 Å². The SMILES string of the molecule is CC(C)(C)c1ccccc1NCc1cccc(CNc2ccccc2C(C)(C)C)n1. The zero-order chi connectivity index (χ0) is 21.8. The van der Waals surface area contributed by atoms with Crippen molar-refractivity contribution in [3.63, 3.8) is 0 Å². The zero-order valence-corrected chi connectivity index (χ0v) is 19.2. The fourth-order valence-electron chi connectivity index (χ4n) is 3.68. The maximum absolute atomic E-state index is 4.86. The van der Waals surface area contributed by atoms with Gasteiger partial charge in [-0.15, -0.1) is 0 Å². The van der Waals surface area contributed by atoms with Gasteiger partial charge in [0.25, 0.3) is 0 Å². The topological polar surface area (TPSA) is 37.0 Å². The Morgan fingerprint density at radius 3 is 1.37 bits per heavy atom. The maximum atomic E-state index is 4.86. The van der Waals surface area contributed by atoms with Crippen molar-refractivity contribution >= 4 is 11.4 Å². The first kappa shape index (κ1) is 21.9. The largest absolute Gasteiger partial charge is 0.379 e. The Labute approximate surface area is 182 Å². The Morgan fingerprint density at radius 1 is 0.567 bits per heavy atom. The zero-order valence-electron chi connectivity index (χ0n) is 19.2. The van der Waals surface area contributed by atoms with Crippen LogP contribution in [-0.4, -0.2) is 4.98 Å². The minimum absolute atomic E-state index is 0.100. The van der Waals surface area contributed by atoms with Gasteiger partial charge in [0.15, 0.2) is 0 Å². The molecular formula is C27H35N3. The molecule has 0 aliphatic carbocycles. The summed E-state index contributed by atoms with van der Waals surface area (Å²) in [6, 6.07) is 23.3. The van der Waals surface area contributed by atoms with Gasteiger partial charge in [-0.1, -0.05) is 84.0 Å². The molecule has 0 aliphatic rings. The lowest BCUT2D eigenvalue weighted by Crippen LogP contribution is -2.16. The van der Waals surface area contributed by atoms with Gasteiger partial charge in [-0.25, -0.2) is 0 Å². The van der Waals surface area contributed by atoms with E-state index in [2.05, 4.69) is 119 Å². The Morgan fingerprint density at radius 2 is 0.967 bits per heavy atom. The molecule has 3 nitrogen and oxygen atoms in total. The summed E-state index contributed by atoms with van der Waals surface area (Å²) in [7, 11) is 0. The van der Waals surface area contributed by atoms with Crippen molar-refractivity contribution in [3.8, 4) is 0 Å². The van der Waals surface area contributed by atoms with Crippen molar-refractivity contribution in [2.24, 2.45) is 0 Å². The van der Waals surface area contributed by atoms with Crippen LogP contribution in [-0.2, 0) is 23.9 Å². The lowest BCUT2D eigenvalue weighted by Gasteiger charge is -2.23. The molecule has 0 amide bonds. The highest BCUT2D eigenvalue weighted by atomic mass is 14.9. The number of hydrogen-bond acceptors (Lipinski definition) is 3. The van der Waals surface area contributed by atoms with E-state index in [1.807, 2.05) is 0 Å². The maximum Gasteiger partial charge on any atom is 0.0598 e. The first-order valence-electron chi connectivity index (χ1n) is 10.8. The Kier molecular flexibility index (Phi) is 6.50. The lowest BCUT2D eigenvalue weighted by atomic mass is 9.86. The molecular weight excluding hydrogens is 366 g/mol. The molecule has 1 heterocycles. The molecule has 1 aromatic heterocycles. The highest BCUT2D eigenvalue weighted by molar-refractivity contribution is 5.55. The molecule has 0 bridgehead atoms. The molecule has 0 aliphatic heterocycles. The molecule has 0 radical (unpaired) electrons. The summed E-state index contributed by atoms with van der Waals surface area (Å²) in [5, 5.41) is 7.17. The van der Waals surface area contributed by atoms with Crippen LogP contribution in [0, 0.1) is 0 Å². The van der Waals surface area contributed by atoms with E-state index in [1.54, 1.807) is 0 Å². The molecule has 3 rings (SSSR count). The van der Waals surface area contributed by atoms with E-state index in [4.69, 9.17) is 4.98 Å². The molecule has 0 saturated carbocycles. The van der Waals surface area contributed by atoms with Gasteiger partial charge in [0, 0.05) is 11.4 Å². The van der Waals surface area contributed by atoms with Gasteiger partial charge in [-0.2, -0.15) is 0 Å². The van der Waals surface area contributed by atoms with Crippen molar-refractivity contribution < 1.29 is 0 Å². The Hall–Kier alpha value is -2.81. The summed E-state index contributed by atoms with van der Waals surface area (Å²) < 4.78 is 0. The normalized spacial score (nSPS) is 11.9. The molecule has 3 aromatic rings. The second kappa shape index (κ2) is 8.91. The fraction of sp³-hybridized carbons (Fsp3) is 0.370. The second-order valence-corrected chi connectivity index (χ2v) is 9.92. The van der Waals surface area contributed by atoms with Crippen LogP contribution >= 0.6 is 0 Å². The van der Waals surface area contributed by atoms with Crippen LogP contribution in [0.15, 0.2) is 66.7 Å². The van der Waals surface area contributed by atoms with Crippen LogP contribution in [0.5, 0.6) is 0 Å². The first-order valence-corrected chi connectivity index (χ1v) is 10.8. The van der Waals surface area contributed by atoms with Gasteiger partial charge in [0.2, 0.25) is 0 Å². The molecule has 2 aromatic carbocycles. The van der Waals surface area contributed by atoms with E-state index in [9.17, 15) is 0 Å². The average Bonchev–Trinajstić information content (AvgIpc) is 2.70. The summed E-state index contributed by atoms with van der Waals surface area (Å²) in [6.45, 7) is 14.9. The highest BCUT2D eigenvalue weighted by Gasteiger charge is 2.18. The average molecular weight is 402 g/mol. The van der Waals surface area contributed by atoms with Crippen molar-refractivity contribution in [2.45, 2.75) is 65.5 Å². The molecule has 0 saturated heterocycles. The molecule has 0 atom stereocenters. The lowest BCUT2D eigenvalue weighted by molar-refractivity contribution is 0.591. The fourth-order valence-corrected chi connectivity index (χ4v) is 3.68. The number of rotatable bonds is 6. The third-order valence-corrected chi connectivity index (χ3v) is 5.25. The van der Waals surface area contributed by atoms with Gasteiger partial charge < -0.3 is 10.6 Å². The minimum atomic E-state index is 0.100. The molecule has 0 unspecified atom stereocenters. The summed E-state index contributed by atoms with van der Waals surface area (Å²) in [5.41, 5.74) is 7.28. The van der Waals surface area contributed by atoms with Crippen LogP contribution in [0.25, 0.3) is 0 Å². The number of nitrogens with one attached hydrogen (secondary N) is 2. The van der Waals surface area contributed by atoms with Crippen LogP contribution < -0.4 is 10.6 Å². The third-order valence-electron chi connectivity index (χ3n) is 5.25. The van der Waals surface area contributed by atoms with Crippen LogP contribution in [0.1, 0.15) is 64.1 Å². The number of benzene rings is 2. The number of pyridine rings is 1. The van der Waals surface area contributed by atoms with Gasteiger partial charge >= 0.3 is 0 Å². The molecule has 0 fully saturated rings. The van der Waals surface area contributed by atoms with Crippen LogP contribution in [0.4, 0.5) is 11.4 Å². The standard InChI is InChI=1S/C27H35N3/c1-26(2,3)22-14-7-9-16-24(22)28-18-20-12-11-13-21(30-20)19-29-25-17-10-8-15-23(25)27(4,5)6/h7-17,28-29H,18-19H2,1-6H3. The highest BCUT2D eigenvalue weighted by Crippen LogP contribution is 2.30. The van der Waals surface area contributed by atoms with E-state index in [0.29, 0.717) is 13.1 Å². The number of aromatic nitrogens is 1. The predicted molar refractivity (Wildman–Crippen MR) is 129 cm³/mol. The van der Waals surface area contributed by atoms with E-state index >= 15 is 0 Å². The van der Waals surface area contributed by atoms with Crippen molar-refractivity contribution in [2.75, 3.05) is 10.6 Å². The summed E-state index contributed by atoms with van der Waals surface area (Å²) >= 11 is 0. The van der Waals surface area contributed by atoms with Gasteiger partial charge in [-0.05, 0) is 46.2 Å². The van der Waals surface area contributed by atoms with Gasteiger partial charge in [0.1, 0.15) is 0 Å². The summed E-state index contributed by atoms with van der Waals surface area (Å²) in [6.07, 6.45) is 0. The van der Waals surface area contributed by atoms with E-state index in [-0.39, 0.29) is 10.8 Å². The second-order valence-electron chi connectivity index (χ2n) is 9.92. The minimum Gasteiger partial charge on any atom is -0.379 e. The monoisotopic (exact) mass is 401 g/mol. The summed E-state index contributed by atoms with van der Waals surface area (Å²) in [5.74, 6) is 0. The predicted octanol–water partition coefficient (Wildman–Crippen LogP) is 6.90. The molecule has 158 valence electrons.